The molecule has 0 aromatic carbocycles. The highest BCUT2D eigenvalue weighted by Crippen LogP contribution is 2.27. The van der Waals surface area contributed by atoms with Gasteiger partial charge in [-0.15, -0.1) is 17.9 Å². The third-order valence-corrected chi connectivity index (χ3v) is 5.77. The van der Waals surface area contributed by atoms with Crippen molar-refractivity contribution in [3.63, 3.8) is 0 Å². The van der Waals surface area contributed by atoms with Gasteiger partial charge in [0.25, 0.3) is 10.0 Å². The summed E-state index contributed by atoms with van der Waals surface area (Å²) >= 11 is 1.23. The van der Waals surface area contributed by atoms with Crippen molar-refractivity contribution in [2.24, 2.45) is 5.73 Å². The summed E-state index contributed by atoms with van der Waals surface area (Å²) in [4.78, 5) is 0.908. The molecule has 0 saturated carbocycles. The first-order chi connectivity index (χ1) is 7.43. The summed E-state index contributed by atoms with van der Waals surface area (Å²) in [7, 11) is -1.85. The molecular weight excluding hydrogens is 244 g/mol. The molecule has 0 atom stereocenters. The van der Waals surface area contributed by atoms with E-state index in [0.29, 0.717) is 17.3 Å². The van der Waals surface area contributed by atoms with Crippen molar-refractivity contribution in [2.75, 3.05) is 13.6 Å². The van der Waals surface area contributed by atoms with E-state index in [0.717, 1.165) is 10.4 Å². The maximum Gasteiger partial charge on any atom is 0.252 e. The molecule has 0 aliphatic carbocycles. The number of likely N-dealkylation sites (N-methyl/N-ethyl adjacent to an activating group) is 1. The molecule has 16 heavy (non-hydrogen) atoms. The molecule has 0 fully saturated rings. The summed E-state index contributed by atoms with van der Waals surface area (Å²) in [5.74, 6) is 0. The zero-order valence-electron chi connectivity index (χ0n) is 9.43. The molecule has 0 saturated heterocycles. The summed E-state index contributed by atoms with van der Waals surface area (Å²) in [5, 5.41) is 0. The van der Waals surface area contributed by atoms with Crippen molar-refractivity contribution >= 4 is 21.4 Å². The number of nitrogens with two attached hydrogens (primary N) is 1. The molecule has 0 spiro atoms. The Bertz CT molecular complexity index is 477. The molecule has 0 aliphatic heterocycles. The predicted octanol–water partition coefficient (Wildman–Crippen LogP) is 1.32. The standard InChI is InChI=1S/C10H16N2O2S2/c1-4-5-12(3)16(13,14)10-6-8(2)9(7-11)15-10/h4,6H,1,5,7,11H2,2-3H3. The third kappa shape index (κ3) is 2.52. The SMILES string of the molecule is C=CCN(C)S(=O)(=O)c1cc(C)c(CN)s1. The Hall–Kier alpha value is -0.690. The minimum atomic E-state index is -3.39. The van der Waals surface area contributed by atoms with Gasteiger partial charge in [-0.2, -0.15) is 4.31 Å². The van der Waals surface area contributed by atoms with E-state index in [9.17, 15) is 8.42 Å². The lowest BCUT2D eigenvalue weighted by Gasteiger charge is -2.13. The Balaban J connectivity index is 3.12. The van der Waals surface area contributed by atoms with E-state index < -0.39 is 10.0 Å². The highest BCUT2D eigenvalue weighted by Gasteiger charge is 2.22. The van der Waals surface area contributed by atoms with Crippen LogP contribution in [-0.4, -0.2) is 26.3 Å². The van der Waals surface area contributed by atoms with Crippen molar-refractivity contribution in [1.82, 2.24) is 4.31 Å². The molecule has 6 heteroatoms. The number of rotatable bonds is 5. The Kier molecular flexibility index (Phi) is 4.26. The van der Waals surface area contributed by atoms with Gasteiger partial charge in [0.05, 0.1) is 0 Å². The van der Waals surface area contributed by atoms with Crippen LogP contribution in [0.2, 0.25) is 0 Å². The van der Waals surface area contributed by atoms with Gasteiger partial charge in [0.2, 0.25) is 0 Å². The lowest BCUT2D eigenvalue weighted by atomic mass is 10.3. The van der Waals surface area contributed by atoms with Crippen LogP contribution in [0.5, 0.6) is 0 Å². The van der Waals surface area contributed by atoms with Gasteiger partial charge in [-0.1, -0.05) is 6.08 Å². The summed E-state index contributed by atoms with van der Waals surface area (Å²) < 4.78 is 25.7. The van der Waals surface area contributed by atoms with Gasteiger partial charge in [-0.3, -0.25) is 0 Å². The van der Waals surface area contributed by atoms with E-state index in [2.05, 4.69) is 6.58 Å². The summed E-state index contributed by atoms with van der Waals surface area (Å²) in [6, 6.07) is 1.67. The molecule has 0 aliphatic rings. The summed E-state index contributed by atoms with van der Waals surface area (Å²) in [6.07, 6.45) is 1.56. The molecule has 0 unspecified atom stereocenters. The van der Waals surface area contributed by atoms with E-state index in [4.69, 9.17) is 5.73 Å². The molecule has 0 bridgehead atoms. The minimum absolute atomic E-state index is 0.303. The molecule has 1 aromatic heterocycles. The van der Waals surface area contributed by atoms with Crippen LogP contribution < -0.4 is 5.73 Å². The average Bonchev–Trinajstić information content (AvgIpc) is 2.60. The molecular formula is C10H16N2O2S2. The van der Waals surface area contributed by atoms with Crippen molar-refractivity contribution in [1.29, 1.82) is 0 Å². The van der Waals surface area contributed by atoms with Crippen molar-refractivity contribution in [3.05, 3.63) is 29.2 Å². The van der Waals surface area contributed by atoms with E-state index in [1.807, 2.05) is 6.92 Å². The highest BCUT2D eigenvalue weighted by atomic mass is 32.2. The van der Waals surface area contributed by atoms with Crippen LogP contribution in [0.15, 0.2) is 22.9 Å². The van der Waals surface area contributed by atoms with E-state index >= 15 is 0 Å². The van der Waals surface area contributed by atoms with Crippen LogP contribution in [0.25, 0.3) is 0 Å². The van der Waals surface area contributed by atoms with Gasteiger partial charge in [-0.05, 0) is 18.6 Å². The number of hydrogen-bond acceptors (Lipinski definition) is 4. The van der Waals surface area contributed by atoms with E-state index in [1.165, 1.54) is 22.7 Å². The predicted molar refractivity (Wildman–Crippen MR) is 67.0 cm³/mol. The van der Waals surface area contributed by atoms with Crippen LogP contribution in [0.3, 0.4) is 0 Å². The average molecular weight is 260 g/mol. The number of nitrogens with zero attached hydrogens (tertiary/aromatic N) is 1. The van der Waals surface area contributed by atoms with Crippen LogP contribution in [0.4, 0.5) is 0 Å². The van der Waals surface area contributed by atoms with Gasteiger partial charge < -0.3 is 5.73 Å². The van der Waals surface area contributed by atoms with Crippen LogP contribution in [-0.2, 0) is 16.6 Å². The zero-order chi connectivity index (χ0) is 12.3. The first-order valence-corrected chi connectivity index (χ1v) is 7.05. The quantitative estimate of drug-likeness (QED) is 0.812. The molecule has 90 valence electrons. The van der Waals surface area contributed by atoms with Crippen LogP contribution >= 0.6 is 11.3 Å². The first kappa shape index (κ1) is 13.4. The normalized spacial score (nSPS) is 12.0. The number of thiophene rings is 1. The fourth-order valence-electron chi connectivity index (χ4n) is 1.25. The molecule has 4 nitrogen and oxygen atoms in total. The second-order valence-corrected chi connectivity index (χ2v) is 6.86. The Morgan fingerprint density at radius 3 is 2.69 bits per heavy atom. The molecule has 0 radical (unpaired) electrons. The molecule has 1 aromatic rings. The Morgan fingerprint density at radius 1 is 1.62 bits per heavy atom. The van der Waals surface area contributed by atoms with Crippen molar-refractivity contribution < 1.29 is 8.42 Å². The zero-order valence-corrected chi connectivity index (χ0v) is 11.1. The summed E-state index contributed by atoms with van der Waals surface area (Å²) in [5.41, 5.74) is 6.46. The maximum absolute atomic E-state index is 12.1. The largest absolute Gasteiger partial charge is 0.326 e. The molecule has 1 heterocycles. The number of aryl methyl sites for hydroxylation is 1. The van der Waals surface area contributed by atoms with Crippen LogP contribution in [0, 0.1) is 6.92 Å². The second-order valence-electron chi connectivity index (χ2n) is 3.45. The van der Waals surface area contributed by atoms with Gasteiger partial charge in [0.15, 0.2) is 0 Å². The number of hydrogen-bond donors (Lipinski definition) is 1. The van der Waals surface area contributed by atoms with Crippen molar-refractivity contribution in [2.45, 2.75) is 17.7 Å². The van der Waals surface area contributed by atoms with Gasteiger partial charge in [0.1, 0.15) is 4.21 Å². The monoisotopic (exact) mass is 260 g/mol. The lowest BCUT2D eigenvalue weighted by molar-refractivity contribution is 0.501. The highest BCUT2D eigenvalue weighted by molar-refractivity contribution is 7.91. The Morgan fingerprint density at radius 2 is 2.25 bits per heavy atom. The topological polar surface area (TPSA) is 63.4 Å². The van der Waals surface area contributed by atoms with E-state index in [1.54, 1.807) is 12.1 Å². The maximum atomic E-state index is 12.1. The lowest BCUT2D eigenvalue weighted by Crippen LogP contribution is -2.26. The fourth-order valence-corrected chi connectivity index (χ4v) is 4.07. The van der Waals surface area contributed by atoms with E-state index in [-0.39, 0.29) is 0 Å². The Labute approximate surface area is 100 Å². The minimum Gasteiger partial charge on any atom is -0.326 e. The smallest absolute Gasteiger partial charge is 0.252 e. The number of sulfonamides is 1. The van der Waals surface area contributed by atoms with Crippen molar-refractivity contribution in [3.8, 4) is 0 Å². The molecule has 2 N–H and O–H groups in total. The van der Waals surface area contributed by atoms with Gasteiger partial charge in [0, 0.05) is 25.0 Å². The van der Waals surface area contributed by atoms with Gasteiger partial charge in [-0.25, -0.2) is 8.42 Å². The second kappa shape index (κ2) is 5.09. The third-order valence-electron chi connectivity index (χ3n) is 2.23. The van der Waals surface area contributed by atoms with Crippen LogP contribution in [0.1, 0.15) is 10.4 Å². The first-order valence-electron chi connectivity index (χ1n) is 4.80. The molecule has 0 amide bonds. The van der Waals surface area contributed by atoms with Gasteiger partial charge >= 0.3 is 0 Å². The molecule has 1 rings (SSSR count). The summed E-state index contributed by atoms with van der Waals surface area (Å²) in [6.45, 7) is 6.07. The fraction of sp³-hybridized carbons (Fsp3) is 0.400.